The minimum atomic E-state index is 0.233. The van der Waals surface area contributed by atoms with E-state index in [0.29, 0.717) is 6.61 Å². The second kappa shape index (κ2) is 8.63. The number of hydrogen-bond donors (Lipinski definition) is 2. The first kappa shape index (κ1) is 14.6. The molecule has 1 aliphatic heterocycles. The predicted octanol–water partition coefficient (Wildman–Crippen LogP) is -0.493. The van der Waals surface area contributed by atoms with Gasteiger partial charge in [0.2, 0.25) is 0 Å². The van der Waals surface area contributed by atoms with Gasteiger partial charge in [-0.05, 0) is 25.2 Å². The van der Waals surface area contributed by atoms with Crippen LogP contribution in [0.1, 0.15) is 6.42 Å². The number of aliphatic hydroxyl groups excluding tert-OH is 1. The van der Waals surface area contributed by atoms with E-state index < -0.39 is 0 Å². The van der Waals surface area contributed by atoms with E-state index in [1.165, 1.54) is 0 Å². The molecule has 17 heavy (non-hydrogen) atoms. The third-order valence-electron chi connectivity index (χ3n) is 2.87. The van der Waals surface area contributed by atoms with Gasteiger partial charge in [0.1, 0.15) is 0 Å². The highest BCUT2D eigenvalue weighted by Gasteiger charge is 2.15. The molecular weight excluding hydrogens is 238 g/mol. The standard InChI is InChI=1S/C11H23N3O2S/c1-16-10-3-12-11(17)14-5-2-4-13(6-7-14)8-9-15/h15H,2-10H2,1H3,(H,12,17). The van der Waals surface area contributed by atoms with E-state index in [1.807, 2.05) is 0 Å². The van der Waals surface area contributed by atoms with Crippen LogP contribution in [0.3, 0.4) is 0 Å². The highest BCUT2D eigenvalue weighted by Crippen LogP contribution is 2.03. The van der Waals surface area contributed by atoms with Gasteiger partial charge in [-0.2, -0.15) is 0 Å². The Kier molecular flexibility index (Phi) is 7.43. The van der Waals surface area contributed by atoms with Crippen molar-refractivity contribution >= 4 is 17.3 Å². The van der Waals surface area contributed by atoms with Crippen molar-refractivity contribution in [3.63, 3.8) is 0 Å². The van der Waals surface area contributed by atoms with Gasteiger partial charge in [0.15, 0.2) is 5.11 Å². The lowest BCUT2D eigenvalue weighted by Gasteiger charge is -2.24. The zero-order valence-corrected chi connectivity index (χ0v) is 11.3. The largest absolute Gasteiger partial charge is 0.395 e. The van der Waals surface area contributed by atoms with E-state index >= 15 is 0 Å². The summed E-state index contributed by atoms with van der Waals surface area (Å²) in [6.45, 7) is 6.34. The Morgan fingerprint density at radius 2 is 2.18 bits per heavy atom. The summed E-state index contributed by atoms with van der Waals surface area (Å²) >= 11 is 5.34. The van der Waals surface area contributed by atoms with Crippen molar-refractivity contribution in [1.29, 1.82) is 0 Å². The molecule has 0 radical (unpaired) electrons. The summed E-state index contributed by atoms with van der Waals surface area (Å²) in [7, 11) is 1.68. The lowest BCUT2D eigenvalue weighted by Crippen LogP contribution is -2.43. The number of β-amino-alcohol motifs (C(OH)–C–C–N with tert-alkyl or cyclic N) is 1. The molecule has 0 aromatic carbocycles. The number of methoxy groups -OCH3 is 1. The Balaban J connectivity index is 2.27. The Bertz CT molecular complexity index is 229. The summed E-state index contributed by atoms with van der Waals surface area (Å²) in [5.41, 5.74) is 0. The summed E-state index contributed by atoms with van der Waals surface area (Å²) in [6, 6.07) is 0. The fourth-order valence-electron chi connectivity index (χ4n) is 1.91. The monoisotopic (exact) mass is 261 g/mol. The second-order valence-electron chi connectivity index (χ2n) is 4.13. The summed E-state index contributed by atoms with van der Waals surface area (Å²) in [5, 5.41) is 12.9. The van der Waals surface area contributed by atoms with Crippen molar-refractivity contribution < 1.29 is 9.84 Å². The molecule has 0 unspecified atom stereocenters. The molecule has 0 atom stereocenters. The van der Waals surface area contributed by atoms with E-state index in [2.05, 4.69) is 15.1 Å². The number of hydrogen-bond acceptors (Lipinski definition) is 4. The zero-order chi connectivity index (χ0) is 12.5. The molecule has 1 aliphatic rings. The molecule has 0 bridgehead atoms. The molecule has 0 aromatic rings. The molecule has 1 heterocycles. The van der Waals surface area contributed by atoms with E-state index in [4.69, 9.17) is 22.1 Å². The van der Waals surface area contributed by atoms with Crippen molar-refractivity contribution in [2.45, 2.75) is 6.42 Å². The van der Waals surface area contributed by atoms with Crippen LogP contribution in [0.25, 0.3) is 0 Å². The maximum absolute atomic E-state index is 8.92. The number of aliphatic hydroxyl groups is 1. The first-order valence-electron chi connectivity index (χ1n) is 6.13. The average Bonchev–Trinajstić information content (AvgIpc) is 2.55. The molecule has 1 rings (SSSR count). The highest BCUT2D eigenvalue weighted by molar-refractivity contribution is 7.80. The number of rotatable bonds is 5. The normalized spacial score (nSPS) is 17.9. The number of thiocarbonyl (C=S) groups is 1. The van der Waals surface area contributed by atoms with Crippen molar-refractivity contribution in [2.24, 2.45) is 0 Å². The summed E-state index contributed by atoms with van der Waals surface area (Å²) in [6.07, 6.45) is 1.09. The third kappa shape index (κ3) is 5.63. The van der Waals surface area contributed by atoms with Crippen LogP contribution in [0.5, 0.6) is 0 Å². The minimum Gasteiger partial charge on any atom is -0.395 e. The van der Waals surface area contributed by atoms with Crippen LogP contribution in [0, 0.1) is 0 Å². The van der Waals surface area contributed by atoms with Gasteiger partial charge in [0, 0.05) is 39.8 Å². The Morgan fingerprint density at radius 3 is 2.88 bits per heavy atom. The van der Waals surface area contributed by atoms with Gasteiger partial charge in [-0.15, -0.1) is 0 Å². The van der Waals surface area contributed by atoms with Crippen LogP contribution in [-0.4, -0.2) is 79.6 Å². The maximum Gasteiger partial charge on any atom is 0.169 e. The molecule has 100 valence electrons. The van der Waals surface area contributed by atoms with Crippen LogP contribution in [0.4, 0.5) is 0 Å². The van der Waals surface area contributed by atoms with Crippen LogP contribution in [-0.2, 0) is 4.74 Å². The number of nitrogens with one attached hydrogen (secondary N) is 1. The van der Waals surface area contributed by atoms with Crippen molar-refractivity contribution in [3.05, 3.63) is 0 Å². The van der Waals surface area contributed by atoms with Gasteiger partial charge in [0.25, 0.3) is 0 Å². The Hall–Kier alpha value is -0.430. The molecule has 0 aromatic heterocycles. The quantitative estimate of drug-likeness (QED) is 0.514. The number of nitrogens with zero attached hydrogens (tertiary/aromatic N) is 2. The fourth-order valence-corrected chi connectivity index (χ4v) is 2.20. The van der Waals surface area contributed by atoms with Crippen LogP contribution in [0.15, 0.2) is 0 Å². The van der Waals surface area contributed by atoms with Crippen molar-refractivity contribution in [2.75, 3.05) is 59.6 Å². The van der Waals surface area contributed by atoms with Gasteiger partial charge in [-0.1, -0.05) is 0 Å². The van der Waals surface area contributed by atoms with Crippen LogP contribution < -0.4 is 5.32 Å². The fraction of sp³-hybridized carbons (Fsp3) is 0.909. The van der Waals surface area contributed by atoms with Gasteiger partial charge in [-0.3, -0.25) is 4.90 Å². The molecular formula is C11H23N3O2S. The third-order valence-corrected chi connectivity index (χ3v) is 3.28. The molecule has 0 amide bonds. The topological polar surface area (TPSA) is 48.0 Å². The van der Waals surface area contributed by atoms with Gasteiger partial charge in [-0.25, -0.2) is 0 Å². The van der Waals surface area contributed by atoms with Crippen molar-refractivity contribution in [3.8, 4) is 0 Å². The lowest BCUT2D eigenvalue weighted by atomic mass is 10.4. The molecule has 0 aliphatic carbocycles. The minimum absolute atomic E-state index is 0.233. The maximum atomic E-state index is 8.92. The van der Waals surface area contributed by atoms with Gasteiger partial charge in [0.05, 0.1) is 13.2 Å². The van der Waals surface area contributed by atoms with Gasteiger partial charge < -0.3 is 20.1 Å². The molecule has 0 spiro atoms. The smallest absolute Gasteiger partial charge is 0.169 e. The first-order valence-corrected chi connectivity index (χ1v) is 6.53. The van der Waals surface area contributed by atoms with E-state index in [1.54, 1.807) is 7.11 Å². The predicted molar refractivity (Wildman–Crippen MR) is 72.2 cm³/mol. The molecule has 0 saturated carbocycles. The average molecular weight is 261 g/mol. The van der Waals surface area contributed by atoms with E-state index in [-0.39, 0.29) is 6.61 Å². The van der Waals surface area contributed by atoms with E-state index in [0.717, 1.165) is 50.8 Å². The van der Waals surface area contributed by atoms with Gasteiger partial charge >= 0.3 is 0 Å². The van der Waals surface area contributed by atoms with Crippen LogP contribution >= 0.6 is 12.2 Å². The second-order valence-corrected chi connectivity index (χ2v) is 4.52. The summed E-state index contributed by atoms with van der Waals surface area (Å²) in [4.78, 5) is 4.47. The molecule has 2 N–H and O–H groups in total. The lowest BCUT2D eigenvalue weighted by molar-refractivity contribution is 0.200. The molecule has 1 saturated heterocycles. The molecule has 5 nitrogen and oxygen atoms in total. The zero-order valence-electron chi connectivity index (χ0n) is 10.5. The summed E-state index contributed by atoms with van der Waals surface area (Å²) < 4.78 is 4.98. The SMILES string of the molecule is COCCNC(=S)N1CCCN(CCO)CC1. The molecule has 1 fully saturated rings. The molecule has 6 heteroatoms. The summed E-state index contributed by atoms with van der Waals surface area (Å²) in [5.74, 6) is 0. The Morgan fingerprint density at radius 1 is 1.35 bits per heavy atom. The van der Waals surface area contributed by atoms with E-state index in [9.17, 15) is 0 Å². The number of ether oxygens (including phenoxy) is 1. The Labute approximate surface area is 109 Å². The highest BCUT2D eigenvalue weighted by atomic mass is 32.1. The van der Waals surface area contributed by atoms with Crippen molar-refractivity contribution in [1.82, 2.24) is 15.1 Å². The first-order chi connectivity index (χ1) is 8.27. The van der Waals surface area contributed by atoms with Crippen LogP contribution in [0.2, 0.25) is 0 Å².